The molecule has 4 rings (SSSR count). The molecule has 0 saturated carbocycles. The highest BCUT2D eigenvalue weighted by Gasteiger charge is 2.19. The molecule has 1 aliphatic rings. The van der Waals surface area contributed by atoms with Crippen LogP contribution in [0.25, 0.3) is 0 Å². The van der Waals surface area contributed by atoms with Gasteiger partial charge >= 0.3 is 0 Å². The van der Waals surface area contributed by atoms with Crippen LogP contribution in [0, 0.1) is 0 Å². The summed E-state index contributed by atoms with van der Waals surface area (Å²) < 4.78 is 16.4. The maximum Gasteiger partial charge on any atom is 0.260 e. The van der Waals surface area contributed by atoms with Gasteiger partial charge in [-0.3, -0.25) is 9.59 Å². The zero-order chi connectivity index (χ0) is 23.8. The van der Waals surface area contributed by atoms with E-state index in [0.29, 0.717) is 49.8 Å². The van der Waals surface area contributed by atoms with Gasteiger partial charge in [0.1, 0.15) is 0 Å². The van der Waals surface area contributed by atoms with Gasteiger partial charge in [0.15, 0.2) is 18.1 Å². The lowest BCUT2D eigenvalue weighted by Gasteiger charge is -2.26. The van der Waals surface area contributed by atoms with Crippen LogP contribution in [0.15, 0.2) is 72.8 Å². The minimum atomic E-state index is -0.255. The van der Waals surface area contributed by atoms with Crippen LogP contribution in [0.1, 0.15) is 21.5 Å². The summed E-state index contributed by atoms with van der Waals surface area (Å²) in [4.78, 5) is 27.1. The number of hydrogen-bond acceptors (Lipinski definition) is 5. The summed E-state index contributed by atoms with van der Waals surface area (Å²) in [7, 11) is 1.50. The summed E-state index contributed by atoms with van der Waals surface area (Å²) in [5.41, 5.74) is 3.37. The van der Waals surface area contributed by atoms with Gasteiger partial charge in [-0.05, 0) is 41.8 Å². The summed E-state index contributed by atoms with van der Waals surface area (Å²) in [6.45, 7) is 2.09. The number of amides is 2. The molecule has 3 aromatic rings. The van der Waals surface area contributed by atoms with Gasteiger partial charge in [-0.2, -0.15) is 0 Å². The normalized spacial score (nSPS) is 13.3. The molecule has 0 unspecified atom stereocenters. The number of benzene rings is 3. The van der Waals surface area contributed by atoms with Gasteiger partial charge in [0.05, 0.1) is 20.3 Å². The molecule has 7 heteroatoms. The third-order valence-electron chi connectivity index (χ3n) is 5.64. The maximum absolute atomic E-state index is 13.0. The third-order valence-corrected chi connectivity index (χ3v) is 5.64. The van der Waals surface area contributed by atoms with E-state index in [1.54, 1.807) is 23.1 Å². The van der Waals surface area contributed by atoms with Crippen LogP contribution >= 0.6 is 0 Å². The van der Waals surface area contributed by atoms with E-state index in [4.69, 9.17) is 14.2 Å². The van der Waals surface area contributed by atoms with Crippen molar-refractivity contribution in [3.05, 3.63) is 89.5 Å². The van der Waals surface area contributed by atoms with Crippen molar-refractivity contribution in [1.82, 2.24) is 4.90 Å². The second-order valence-electron chi connectivity index (χ2n) is 7.92. The highest BCUT2D eigenvalue weighted by atomic mass is 16.5. The fourth-order valence-electron chi connectivity index (χ4n) is 3.78. The molecule has 0 aromatic heterocycles. The number of para-hydroxylation sites is 1. The van der Waals surface area contributed by atoms with Crippen molar-refractivity contribution in [2.24, 2.45) is 0 Å². The Morgan fingerprint density at radius 1 is 0.941 bits per heavy atom. The lowest BCUT2D eigenvalue weighted by Crippen LogP contribution is -2.43. The van der Waals surface area contributed by atoms with Crippen molar-refractivity contribution in [2.45, 2.75) is 6.42 Å². The van der Waals surface area contributed by atoms with Crippen LogP contribution in [0.3, 0.4) is 0 Å². The molecule has 2 amide bonds. The third kappa shape index (κ3) is 5.94. The molecule has 0 aliphatic carbocycles. The number of anilines is 1. The number of morpholine rings is 1. The molecule has 1 aliphatic heterocycles. The van der Waals surface area contributed by atoms with E-state index in [2.05, 4.69) is 17.4 Å². The van der Waals surface area contributed by atoms with Gasteiger partial charge in [-0.15, -0.1) is 0 Å². The summed E-state index contributed by atoms with van der Waals surface area (Å²) in [5, 5.41) is 3.00. The summed E-state index contributed by atoms with van der Waals surface area (Å²) in [6.07, 6.45) is 0.713. The van der Waals surface area contributed by atoms with Gasteiger partial charge in [-0.25, -0.2) is 0 Å². The lowest BCUT2D eigenvalue weighted by atomic mass is 10.0. The second kappa shape index (κ2) is 11.3. The molecular weight excluding hydrogens is 432 g/mol. The molecule has 34 heavy (non-hydrogen) atoms. The van der Waals surface area contributed by atoms with Crippen LogP contribution in [0.2, 0.25) is 0 Å². The number of nitrogens with one attached hydrogen (secondary N) is 1. The van der Waals surface area contributed by atoms with Crippen LogP contribution in [-0.4, -0.2) is 56.7 Å². The van der Waals surface area contributed by atoms with Crippen LogP contribution in [-0.2, 0) is 16.0 Å². The molecule has 0 spiro atoms. The minimum Gasteiger partial charge on any atom is -0.493 e. The Kier molecular flexibility index (Phi) is 7.78. The van der Waals surface area contributed by atoms with E-state index in [-0.39, 0.29) is 18.4 Å². The maximum atomic E-state index is 13.0. The molecule has 3 aromatic carbocycles. The van der Waals surface area contributed by atoms with E-state index < -0.39 is 0 Å². The number of ether oxygens (including phenoxy) is 3. The molecule has 0 radical (unpaired) electrons. The summed E-state index contributed by atoms with van der Waals surface area (Å²) >= 11 is 0. The first-order valence-electron chi connectivity index (χ1n) is 11.2. The van der Waals surface area contributed by atoms with E-state index >= 15 is 0 Å². The van der Waals surface area contributed by atoms with Gasteiger partial charge < -0.3 is 24.4 Å². The molecule has 0 atom stereocenters. The Hall–Kier alpha value is -3.84. The zero-order valence-electron chi connectivity index (χ0n) is 19.2. The van der Waals surface area contributed by atoms with Crippen molar-refractivity contribution in [1.29, 1.82) is 0 Å². The topological polar surface area (TPSA) is 77.1 Å². The standard InChI is InChI=1S/C27H28N2O5/c1-32-25-18-22(11-12-24(25)34-19-26(30)29-13-15-33-16-14-29)27(31)28-23-10-6-5-9-21(23)17-20-7-3-2-4-8-20/h2-12,18H,13-17,19H2,1H3,(H,28,31). The van der Waals surface area contributed by atoms with Crippen molar-refractivity contribution in [3.63, 3.8) is 0 Å². The minimum absolute atomic E-state index is 0.102. The number of carbonyl (C=O) groups excluding carboxylic acids is 2. The Morgan fingerprint density at radius 2 is 1.68 bits per heavy atom. The van der Waals surface area contributed by atoms with Crippen LogP contribution < -0.4 is 14.8 Å². The molecule has 176 valence electrons. The van der Waals surface area contributed by atoms with E-state index in [0.717, 1.165) is 11.3 Å². The van der Waals surface area contributed by atoms with Crippen molar-refractivity contribution in [3.8, 4) is 11.5 Å². The zero-order valence-corrected chi connectivity index (χ0v) is 19.2. The summed E-state index contributed by atoms with van der Waals surface area (Å²) in [6, 6.07) is 22.8. The Bertz CT molecular complexity index is 1130. The van der Waals surface area contributed by atoms with Crippen LogP contribution in [0.5, 0.6) is 11.5 Å². The van der Waals surface area contributed by atoms with E-state index in [9.17, 15) is 9.59 Å². The smallest absolute Gasteiger partial charge is 0.260 e. The Balaban J connectivity index is 1.42. The predicted molar refractivity (Wildman–Crippen MR) is 130 cm³/mol. The van der Waals surface area contributed by atoms with Crippen molar-refractivity contribution >= 4 is 17.5 Å². The molecule has 0 bridgehead atoms. The first-order valence-corrected chi connectivity index (χ1v) is 11.2. The molecule has 7 nitrogen and oxygen atoms in total. The SMILES string of the molecule is COc1cc(C(=O)Nc2ccccc2Cc2ccccc2)ccc1OCC(=O)N1CCOCC1. The Morgan fingerprint density at radius 3 is 2.44 bits per heavy atom. The van der Waals surface area contributed by atoms with E-state index in [1.807, 2.05) is 42.5 Å². The lowest BCUT2D eigenvalue weighted by molar-refractivity contribution is -0.137. The fraction of sp³-hybridized carbons (Fsp3) is 0.259. The average molecular weight is 461 g/mol. The number of rotatable bonds is 8. The molecule has 1 N–H and O–H groups in total. The van der Waals surface area contributed by atoms with Crippen molar-refractivity contribution in [2.75, 3.05) is 45.3 Å². The predicted octanol–water partition coefficient (Wildman–Crippen LogP) is 3.78. The highest BCUT2D eigenvalue weighted by molar-refractivity contribution is 6.05. The first-order chi connectivity index (χ1) is 16.6. The Labute approximate surface area is 199 Å². The molecule has 1 heterocycles. The van der Waals surface area contributed by atoms with Gasteiger partial charge in [0.2, 0.25) is 0 Å². The van der Waals surface area contributed by atoms with Gasteiger partial charge in [0, 0.05) is 24.3 Å². The van der Waals surface area contributed by atoms with Crippen molar-refractivity contribution < 1.29 is 23.8 Å². The molecular formula is C27H28N2O5. The number of nitrogens with zero attached hydrogens (tertiary/aromatic N) is 1. The van der Waals surface area contributed by atoms with Gasteiger partial charge in [0.25, 0.3) is 11.8 Å². The number of hydrogen-bond donors (Lipinski definition) is 1. The molecule has 1 saturated heterocycles. The first kappa shape index (κ1) is 23.3. The van der Waals surface area contributed by atoms with Gasteiger partial charge in [-0.1, -0.05) is 48.5 Å². The summed E-state index contributed by atoms with van der Waals surface area (Å²) in [5.74, 6) is 0.432. The largest absolute Gasteiger partial charge is 0.493 e. The monoisotopic (exact) mass is 460 g/mol. The second-order valence-corrected chi connectivity index (χ2v) is 7.92. The van der Waals surface area contributed by atoms with Crippen LogP contribution in [0.4, 0.5) is 5.69 Å². The number of methoxy groups -OCH3 is 1. The highest BCUT2D eigenvalue weighted by Crippen LogP contribution is 2.29. The number of carbonyl (C=O) groups is 2. The fourth-order valence-corrected chi connectivity index (χ4v) is 3.78. The quantitative estimate of drug-likeness (QED) is 0.554. The molecule has 1 fully saturated rings. The van der Waals surface area contributed by atoms with E-state index in [1.165, 1.54) is 12.7 Å². The average Bonchev–Trinajstić information content (AvgIpc) is 2.89.